The van der Waals surface area contributed by atoms with Crippen LogP contribution in [0, 0.1) is 5.92 Å². The van der Waals surface area contributed by atoms with E-state index in [4.69, 9.17) is 4.74 Å². The Hall–Kier alpha value is -0.380. The fraction of sp³-hybridized carbons (Fsp3) is 0.692. The van der Waals surface area contributed by atoms with Crippen molar-refractivity contribution in [2.24, 2.45) is 5.92 Å². The van der Waals surface area contributed by atoms with Crippen LogP contribution in [-0.4, -0.2) is 31.2 Å². The highest BCUT2D eigenvalue weighted by molar-refractivity contribution is 7.10. The molecule has 1 fully saturated rings. The minimum absolute atomic E-state index is 0.165. The zero-order valence-electron chi connectivity index (χ0n) is 10.4. The van der Waals surface area contributed by atoms with Crippen LogP contribution < -0.4 is 0 Å². The molecule has 90 valence electrons. The van der Waals surface area contributed by atoms with Gasteiger partial charge in [0, 0.05) is 18.0 Å². The van der Waals surface area contributed by atoms with Gasteiger partial charge in [0.1, 0.15) is 0 Å². The standard InChI is InChI=1S/C13H21NOS/c1-11(2)13(3,12-5-4-10-16-12)14-6-8-15-9-7-14/h4-5,10-11H,6-9H2,1-3H3. The van der Waals surface area contributed by atoms with Crippen molar-refractivity contribution in [2.45, 2.75) is 26.3 Å². The van der Waals surface area contributed by atoms with Crippen LogP contribution in [0.1, 0.15) is 25.6 Å². The molecule has 1 saturated heterocycles. The average molecular weight is 239 g/mol. The maximum Gasteiger partial charge on any atom is 0.0594 e. The Balaban J connectivity index is 2.27. The van der Waals surface area contributed by atoms with Crippen molar-refractivity contribution in [2.75, 3.05) is 26.3 Å². The van der Waals surface area contributed by atoms with Crippen LogP contribution >= 0.6 is 11.3 Å². The topological polar surface area (TPSA) is 12.5 Å². The monoisotopic (exact) mass is 239 g/mol. The highest BCUT2D eigenvalue weighted by Crippen LogP contribution is 2.38. The molecule has 1 atom stereocenters. The average Bonchev–Trinajstić information content (AvgIpc) is 2.82. The first-order valence-electron chi connectivity index (χ1n) is 6.02. The van der Waals surface area contributed by atoms with Gasteiger partial charge in [-0.1, -0.05) is 19.9 Å². The highest BCUT2D eigenvalue weighted by atomic mass is 32.1. The molecule has 2 nitrogen and oxygen atoms in total. The second-order valence-electron chi connectivity index (χ2n) is 4.88. The van der Waals surface area contributed by atoms with E-state index in [0.717, 1.165) is 26.3 Å². The van der Waals surface area contributed by atoms with E-state index in [-0.39, 0.29) is 5.54 Å². The Morgan fingerprint density at radius 2 is 2.06 bits per heavy atom. The van der Waals surface area contributed by atoms with Gasteiger partial charge >= 0.3 is 0 Å². The number of hydrogen-bond donors (Lipinski definition) is 0. The third-order valence-corrected chi connectivity index (χ3v) is 4.91. The van der Waals surface area contributed by atoms with Gasteiger partial charge in [-0.05, 0) is 24.3 Å². The number of thiophene rings is 1. The lowest BCUT2D eigenvalue weighted by Crippen LogP contribution is -2.52. The van der Waals surface area contributed by atoms with Crippen LogP contribution in [0.3, 0.4) is 0 Å². The fourth-order valence-corrected chi connectivity index (χ4v) is 3.46. The number of morpholine rings is 1. The molecule has 0 radical (unpaired) electrons. The van der Waals surface area contributed by atoms with E-state index in [1.807, 2.05) is 11.3 Å². The van der Waals surface area contributed by atoms with Crippen molar-refractivity contribution in [1.82, 2.24) is 4.90 Å². The first kappa shape index (κ1) is 12.1. The molecule has 0 amide bonds. The van der Waals surface area contributed by atoms with E-state index in [0.29, 0.717) is 5.92 Å². The third kappa shape index (κ3) is 2.04. The Morgan fingerprint density at radius 3 is 2.56 bits per heavy atom. The molecule has 1 aliphatic rings. The van der Waals surface area contributed by atoms with E-state index in [1.165, 1.54) is 4.88 Å². The number of hydrogen-bond acceptors (Lipinski definition) is 3. The van der Waals surface area contributed by atoms with Gasteiger partial charge in [-0.3, -0.25) is 4.90 Å². The summed E-state index contributed by atoms with van der Waals surface area (Å²) in [7, 11) is 0. The Bertz CT molecular complexity index is 317. The van der Waals surface area contributed by atoms with Crippen LogP contribution in [0.5, 0.6) is 0 Å². The van der Waals surface area contributed by atoms with Gasteiger partial charge in [0.25, 0.3) is 0 Å². The van der Waals surface area contributed by atoms with E-state index >= 15 is 0 Å². The van der Waals surface area contributed by atoms with Crippen LogP contribution in [0.25, 0.3) is 0 Å². The lowest BCUT2D eigenvalue weighted by Gasteiger charge is -2.45. The fourth-order valence-electron chi connectivity index (χ4n) is 2.40. The molecule has 2 heterocycles. The second-order valence-corrected chi connectivity index (χ2v) is 5.83. The maximum absolute atomic E-state index is 5.45. The van der Waals surface area contributed by atoms with Crippen LogP contribution in [0.15, 0.2) is 17.5 Å². The first-order valence-corrected chi connectivity index (χ1v) is 6.90. The molecular formula is C13H21NOS. The maximum atomic E-state index is 5.45. The van der Waals surface area contributed by atoms with Gasteiger partial charge in [0.2, 0.25) is 0 Å². The predicted octanol–water partition coefficient (Wildman–Crippen LogP) is 2.95. The van der Waals surface area contributed by atoms with Crippen LogP contribution in [0.2, 0.25) is 0 Å². The molecule has 16 heavy (non-hydrogen) atoms. The van der Waals surface area contributed by atoms with Gasteiger partial charge in [-0.15, -0.1) is 11.3 Å². The molecule has 3 heteroatoms. The summed E-state index contributed by atoms with van der Waals surface area (Å²) in [6, 6.07) is 4.42. The summed E-state index contributed by atoms with van der Waals surface area (Å²) in [5, 5.41) is 2.18. The lowest BCUT2D eigenvalue weighted by atomic mass is 9.84. The van der Waals surface area contributed by atoms with Gasteiger partial charge in [0.05, 0.1) is 18.8 Å². The van der Waals surface area contributed by atoms with Gasteiger partial charge in [-0.2, -0.15) is 0 Å². The number of nitrogens with zero attached hydrogens (tertiary/aromatic N) is 1. The molecule has 0 saturated carbocycles. The molecule has 2 rings (SSSR count). The molecule has 0 bridgehead atoms. The Morgan fingerprint density at radius 1 is 1.38 bits per heavy atom. The van der Waals surface area contributed by atoms with Crippen LogP contribution in [0.4, 0.5) is 0 Å². The summed E-state index contributed by atoms with van der Waals surface area (Å²) < 4.78 is 5.45. The minimum atomic E-state index is 0.165. The van der Waals surface area contributed by atoms with Crippen molar-refractivity contribution in [1.29, 1.82) is 0 Å². The summed E-state index contributed by atoms with van der Waals surface area (Å²) in [6.07, 6.45) is 0. The molecule has 0 spiro atoms. The summed E-state index contributed by atoms with van der Waals surface area (Å²) >= 11 is 1.87. The van der Waals surface area contributed by atoms with Crippen molar-refractivity contribution >= 4 is 11.3 Å². The van der Waals surface area contributed by atoms with Crippen molar-refractivity contribution in [3.63, 3.8) is 0 Å². The van der Waals surface area contributed by atoms with Crippen molar-refractivity contribution < 1.29 is 4.74 Å². The zero-order valence-corrected chi connectivity index (χ0v) is 11.2. The molecule has 1 unspecified atom stereocenters. The lowest BCUT2D eigenvalue weighted by molar-refractivity contribution is -0.0350. The quantitative estimate of drug-likeness (QED) is 0.804. The Labute approximate surface area is 102 Å². The first-order chi connectivity index (χ1) is 7.65. The molecule has 0 aromatic carbocycles. The van der Waals surface area contributed by atoms with Gasteiger partial charge < -0.3 is 4.74 Å². The van der Waals surface area contributed by atoms with Crippen molar-refractivity contribution in [3.8, 4) is 0 Å². The van der Waals surface area contributed by atoms with E-state index < -0.39 is 0 Å². The highest BCUT2D eigenvalue weighted by Gasteiger charge is 2.38. The molecule has 1 aliphatic heterocycles. The van der Waals surface area contributed by atoms with Gasteiger partial charge in [-0.25, -0.2) is 0 Å². The third-order valence-electron chi connectivity index (χ3n) is 3.81. The predicted molar refractivity (Wildman–Crippen MR) is 68.9 cm³/mol. The second kappa shape index (κ2) is 4.86. The number of ether oxygens (including phenoxy) is 1. The number of rotatable bonds is 3. The van der Waals surface area contributed by atoms with Crippen molar-refractivity contribution in [3.05, 3.63) is 22.4 Å². The molecule has 1 aromatic rings. The molecular weight excluding hydrogens is 218 g/mol. The van der Waals surface area contributed by atoms with Crippen LogP contribution in [-0.2, 0) is 10.3 Å². The summed E-state index contributed by atoms with van der Waals surface area (Å²) in [6.45, 7) is 10.8. The molecule has 1 aromatic heterocycles. The summed E-state index contributed by atoms with van der Waals surface area (Å²) in [5.74, 6) is 0.615. The van der Waals surface area contributed by atoms with E-state index in [2.05, 4.69) is 43.2 Å². The largest absolute Gasteiger partial charge is 0.379 e. The molecule has 0 aliphatic carbocycles. The minimum Gasteiger partial charge on any atom is -0.379 e. The SMILES string of the molecule is CC(C)C(C)(c1cccs1)N1CCOCC1. The van der Waals surface area contributed by atoms with Gasteiger partial charge in [0.15, 0.2) is 0 Å². The Kier molecular flexibility index (Phi) is 3.67. The van der Waals surface area contributed by atoms with E-state index in [1.54, 1.807) is 0 Å². The summed E-state index contributed by atoms with van der Waals surface area (Å²) in [5.41, 5.74) is 0.165. The van der Waals surface area contributed by atoms with E-state index in [9.17, 15) is 0 Å². The zero-order chi connectivity index (χ0) is 11.6. The molecule has 0 N–H and O–H groups in total. The smallest absolute Gasteiger partial charge is 0.0594 e. The normalized spacial score (nSPS) is 22.2. The summed E-state index contributed by atoms with van der Waals surface area (Å²) in [4.78, 5) is 4.05.